The van der Waals surface area contributed by atoms with E-state index in [1.54, 1.807) is 12.1 Å². The molecule has 0 spiro atoms. The van der Waals surface area contributed by atoms with E-state index in [-0.39, 0.29) is 5.91 Å². The number of carbonyl (C=O) groups excluding carboxylic acids is 1. The van der Waals surface area contributed by atoms with Crippen LogP contribution in [-0.2, 0) is 0 Å². The minimum atomic E-state index is 0.105. The molecule has 18 heavy (non-hydrogen) atoms. The maximum Gasteiger partial charge on any atom is 0.253 e. The molecule has 1 aromatic rings. The maximum atomic E-state index is 12.4. The van der Waals surface area contributed by atoms with Crippen molar-refractivity contribution in [3.05, 3.63) is 29.8 Å². The first kappa shape index (κ1) is 12.9. The van der Waals surface area contributed by atoms with Gasteiger partial charge in [-0.3, -0.25) is 4.79 Å². The fourth-order valence-electron chi connectivity index (χ4n) is 2.85. The topological polar surface area (TPSA) is 46.3 Å². The number of amides is 1. The van der Waals surface area contributed by atoms with Crippen molar-refractivity contribution in [2.24, 2.45) is 5.92 Å². The van der Waals surface area contributed by atoms with Crippen molar-refractivity contribution in [2.75, 3.05) is 12.8 Å². The molecule has 0 aliphatic heterocycles. The van der Waals surface area contributed by atoms with Gasteiger partial charge in [0, 0.05) is 24.3 Å². The zero-order valence-electron chi connectivity index (χ0n) is 11.2. The largest absolute Gasteiger partial charge is 0.399 e. The van der Waals surface area contributed by atoms with Gasteiger partial charge in [-0.2, -0.15) is 0 Å². The summed E-state index contributed by atoms with van der Waals surface area (Å²) in [6, 6.07) is 7.56. The summed E-state index contributed by atoms with van der Waals surface area (Å²) in [5.74, 6) is 0.704. The molecule has 1 aromatic carbocycles. The predicted octanol–water partition coefficient (Wildman–Crippen LogP) is 2.92. The number of hydrogen-bond donors (Lipinski definition) is 1. The molecule has 1 amide bonds. The van der Waals surface area contributed by atoms with E-state index in [9.17, 15) is 4.79 Å². The first-order valence-electron chi connectivity index (χ1n) is 6.72. The van der Waals surface area contributed by atoms with Crippen LogP contribution < -0.4 is 5.73 Å². The Labute approximate surface area is 109 Å². The zero-order valence-corrected chi connectivity index (χ0v) is 11.2. The highest BCUT2D eigenvalue weighted by atomic mass is 16.2. The number of nitrogens with zero attached hydrogens (tertiary/aromatic N) is 1. The van der Waals surface area contributed by atoms with Gasteiger partial charge in [0.1, 0.15) is 0 Å². The van der Waals surface area contributed by atoms with Crippen molar-refractivity contribution in [3.8, 4) is 0 Å². The Morgan fingerprint density at radius 1 is 1.22 bits per heavy atom. The van der Waals surface area contributed by atoms with Crippen LogP contribution in [0.3, 0.4) is 0 Å². The number of benzene rings is 1. The van der Waals surface area contributed by atoms with Crippen LogP contribution in [-0.4, -0.2) is 23.9 Å². The van der Waals surface area contributed by atoms with Crippen LogP contribution in [0.2, 0.25) is 0 Å². The second-order valence-electron chi connectivity index (χ2n) is 5.37. The molecule has 3 nitrogen and oxygen atoms in total. The van der Waals surface area contributed by atoms with Crippen molar-refractivity contribution in [3.63, 3.8) is 0 Å². The lowest BCUT2D eigenvalue weighted by Gasteiger charge is -2.36. The molecule has 2 unspecified atom stereocenters. The number of anilines is 1. The van der Waals surface area contributed by atoms with Gasteiger partial charge in [-0.1, -0.05) is 19.8 Å². The average Bonchev–Trinajstić information content (AvgIpc) is 2.38. The Morgan fingerprint density at radius 2 is 1.83 bits per heavy atom. The molecule has 2 atom stereocenters. The van der Waals surface area contributed by atoms with E-state index >= 15 is 0 Å². The molecule has 0 bridgehead atoms. The summed E-state index contributed by atoms with van der Waals surface area (Å²) < 4.78 is 0. The van der Waals surface area contributed by atoms with Gasteiger partial charge in [0.2, 0.25) is 0 Å². The van der Waals surface area contributed by atoms with Crippen molar-refractivity contribution < 1.29 is 4.79 Å². The Bertz CT molecular complexity index is 413. The third kappa shape index (κ3) is 2.66. The molecule has 1 saturated carbocycles. The normalized spacial score (nSPS) is 23.7. The fraction of sp³-hybridized carbons (Fsp3) is 0.533. The molecular weight excluding hydrogens is 224 g/mol. The van der Waals surface area contributed by atoms with Crippen molar-refractivity contribution >= 4 is 11.6 Å². The van der Waals surface area contributed by atoms with Crippen molar-refractivity contribution in [2.45, 2.75) is 38.6 Å². The van der Waals surface area contributed by atoms with Gasteiger partial charge in [0.05, 0.1) is 0 Å². The summed E-state index contributed by atoms with van der Waals surface area (Å²) in [5, 5.41) is 0. The van der Waals surface area contributed by atoms with Gasteiger partial charge in [-0.25, -0.2) is 0 Å². The first-order valence-corrected chi connectivity index (χ1v) is 6.72. The van der Waals surface area contributed by atoms with Crippen LogP contribution in [0.25, 0.3) is 0 Å². The van der Waals surface area contributed by atoms with Crippen LogP contribution in [0.4, 0.5) is 5.69 Å². The number of carbonyl (C=O) groups is 1. The molecular formula is C15H22N2O. The van der Waals surface area contributed by atoms with Crippen LogP contribution in [0.1, 0.15) is 43.0 Å². The van der Waals surface area contributed by atoms with E-state index in [1.165, 1.54) is 19.3 Å². The minimum Gasteiger partial charge on any atom is -0.399 e. The molecule has 0 aromatic heterocycles. The molecule has 1 aliphatic carbocycles. The summed E-state index contributed by atoms with van der Waals surface area (Å²) in [6.45, 7) is 2.25. The lowest BCUT2D eigenvalue weighted by Crippen LogP contribution is -2.42. The second-order valence-corrected chi connectivity index (χ2v) is 5.37. The van der Waals surface area contributed by atoms with Gasteiger partial charge in [0.25, 0.3) is 5.91 Å². The molecule has 1 fully saturated rings. The van der Waals surface area contributed by atoms with Gasteiger partial charge >= 0.3 is 0 Å². The van der Waals surface area contributed by atoms with Gasteiger partial charge in [0.15, 0.2) is 0 Å². The Balaban J connectivity index is 2.10. The Morgan fingerprint density at radius 3 is 2.44 bits per heavy atom. The van der Waals surface area contributed by atoms with Gasteiger partial charge < -0.3 is 10.6 Å². The van der Waals surface area contributed by atoms with E-state index in [0.29, 0.717) is 17.6 Å². The van der Waals surface area contributed by atoms with E-state index in [1.807, 2.05) is 24.1 Å². The molecule has 0 saturated heterocycles. The molecule has 2 N–H and O–H groups in total. The highest BCUT2D eigenvalue weighted by Crippen LogP contribution is 2.28. The minimum absolute atomic E-state index is 0.105. The SMILES string of the molecule is CC1CCCCC1N(C)C(=O)c1ccc(N)cc1. The van der Waals surface area contributed by atoms with Gasteiger partial charge in [-0.15, -0.1) is 0 Å². The Hall–Kier alpha value is -1.51. The standard InChI is InChI=1S/C15H22N2O/c1-11-5-3-4-6-14(11)17(2)15(18)12-7-9-13(16)10-8-12/h7-11,14H,3-6,16H2,1-2H3. The average molecular weight is 246 g/mol. The number of rotatable bonds is 2. The highest BCUT2D eigenvalue weighted by Gasteiger charge is 2.28. The van der Waals surface area contributed by atoms with E-state index in [2.05, 4.69) is 6.92 Å². The third-order valence-electron chi connectivity index (χ3n) is 4.04. The predicted molar refractivity (Wildman–Crippen MR) is 74.4 cm³/mol. The van der Waals surface area contributed by atoms with Crippen LogP contribution in [0.5, 0.6) is 0 Å². The van der Waals surface area contributed by atoms with Crippen LogP contribution in [0, 0.1) is 5.92 Å². The lowest BCUT2D eigenvalue weighted by molar-refractivity contribution is 0.0629. The number of nitrogen functional groups attached to an aromatic ring is 1. The summed E-state index contributed by atoms with van der Waals surface area (Å²) in [6.07, 6.45) is 4.87. The summed E-state index contributed by atoms with van der Waals surface area (Å²) >= 11 is 0. The summed E-state index contributed by atoms with van der Waals surface area (Å²) in [5.41, 5.74) is 7.06. The maximum absolute atomic E-state index is 12.4. The molecule has 0 radical (unpaired) electrons. The Kier molecular flexibility index (Phi) is 3.90. The molecule has 0 heterocycles. The van der Waals surface area contributed by atoms with Crippen molar-refractivity contribution in [1.82, 2.24) is 4.90 Å². The van der Waals surface area contributed by atoms with Crippen LogP contribution in [0.15, 0.2) is 24.3 Å². The number of hydrogen-bond acceptors (Lipinski definition) is 2. The highest BCUT2D eigenvalue weighted by molar-refractivity contribution is 5.94. The third-order valence-corrected chi connectivity index (χ3v) is 4.04. The van der Waals surface area contributed by atoms with Crippen LogP contribution >= 0.6 is 0 Å². The second kappa shape index (κ2) is 5.42. The number of nitrogens with two attached hydrogens (primary N) is 1. The fourth-order valence-corrected chi connectivity index (χ4v) is 2.85. The van der Waals surface area contributed by atoms with E-state index in [0.717, 1.165) is 12.0 Å². The summed E-state index contributed by atoms with van der Waals surface area (Å²) in [7, 11) is 1.92. The molecule has 98 valence electrons. The molecule has 3 heteroatoms. The van der Waals surface area contributed by atoms with E-state index in [4.69, 9.17) is 5.73 Å². The van der Waals surface area contributed by atoms with Crippen molar-refractivity contribution in [1.29, 1.82) is 0 Å². The first-order chi connectivity index (χ1) is 8.59. The smallest absolute Gasteiger partial charge is 0.253 e. The van der Waals surface area contributed by atoms with E-state index < -0.39 is 0 Å². The summed E-state index contributed by atoms with van der Waals surface area (Å²) in [4.78, 5) is 14.3. The van der Waals surface area contributed by atoms with Gasteiger partial charge in [-0.05, 0) is 43.0 Å². The quantitative estimate of drug-likeness (QED) is 0.815. The zero-order chi connectivity index (χ0) is 13.1. The molecule has 2 rings (SSSR count). The monoisotopic (exact) mass is 246 g/mol. The lowest BCUT2D eigenvalue weighted by atomic mass is 9.85. The molecule has 1 aliphatic rings.